The van der Waals surface area contributed by atoms with E-state index in [1.165, 1.54) is 4.90 Å². The standard InChI is InChI=1S/C14H14BrN3O3/c1-9-6-12(17-21-9)16-13(19)8-18(2)14(20)10-4-3-5-11(15)7-10/h3-7H,8H2,1-2H3,(H,16,17,19). The van der Waals surface area contributed by atoms with E-state index in [2.05, 4.69) is 26.4 Å². The summed E-state index contributed by atoms with van der Waals surface area (Å²) in [5.74, 6) is 0.363. The summed E-state index contributed by atoms with van der Waals surface area (Å²) in [7, 11) is 1.57. The molecule has 1 aromatic heterocycles. The van der Waals surface area contributed by atoms with Gasteiger partial charge in [0.05, 0.1) is 6.54 Å². The average molecular weight is 352 g/mol. The molecule has 0 aliphatic heterocycles. The average Bonchev–Trinajstić information content (AvgIpc) is 2.82. The minimum absolute atomic E-state index is 0.0722. The minimum atomic E-state index is -0.339. The SMILES string of the molecule is Cc1cc(NC(=O)CN(C)C(=O)c2cccc(Br)c2)no1. The number of carbonyl (C=O) groups is 2. The van der Waals surface area contributed by atoms with E-state index in [0.717, 1.165) is 4.47 Å². The molecule has 1 heterocycles. The highest BCUT2D eigenvalue weighted by Crippen LogP contribution is 2.13. The molecular formula is C14H14BrN3O3. The fourth-order valence-electron chi connectivity index (χ4n) is 1.74. The van der Waals surface area contributed by atoms with Crippen LogP contribution in [0.5, 0.6) is 0 Å². The fraction of sp³-hybridized carbons (Fsp3) is 0.214. The van der Waals surface area contributed by atoms with Crippen molar-refractivity contribution in [3.05, 3.63) is 46.1 Å². The van der Waals surface area contributed by atoms with Gasteiger partial charge in [-0.15, -0.1) is 0 Å². The summed E-state index contributed by atoms with van der Waals surface area (Å²) in [6.45, 7) is 1.66. The number of hydrogen-bond acceptors (Lipinski definition) is 4. The van der Waals surface area contributed by atoms with Crippen LogP contribution in [-0.2, 0) is 4.79 Å². The molecule has 0 radical (unpaired) electrons. The highest BCUT2D eigenvalue weighted by atomic mass is 79.9. The number of hydrogen-bond donors (Lipinski definition) is 1. The first-order valence-corrected chi connectivity index (χ1v) is 6.99. The van der Waals surface area contributed by atoms with Crippen molar-refractivity contribution in [2.24, 2.45) is 0 Å². The lowest BCUT2D eigenvalue weighted by molar-refractivity contribution is -0.116. The van der Waals surface area contributed by atoms with E-state index in [1.54, 1.807) is 38.2 Å². The number of aromatic nitrogens is 1. The Labute approximate surface area is 130 Å². The second-order valence-electron chi connectivity index (χ2n) is 4.54. The third-order valence-electron chi connectivity index (χ3n) is 2.69. The summed E-state index contributed by atoms with van der Waals surface area (Å²) in [5, 5.41) is 6.23. The number of amides is 2. The van der Waals surface area contributed by atoms with E-state index < -0.39 is 0 Å². The first-order chi connectivity index (χ1) is 9.95. The lowest BCUT2D eigenvalue weighted by Crippen LogP contribution is -2.35. The van der Waals surface area contributed by atoms with Gasteiger partial charge in [-0.3, -0.25) is 9.59 Å². The number of anilines is 1. The van der Waals surface area contributed by atoms with Crippen molar-refractivity contribution in [3.63, 3.8) is 0 Å². The van der Waals surface area contributed by atoms with Crippen LogP contribution in [0.1, 0.15) is 16.1 Å². The van der Waals surface area contributed by atoms with Crippen LogP contribution >= 0.6 is 15.9 Å². The van der Waals surface area contributed by atoms with Crippen molar-refractivity contribution in [2.75, 3.05) is 18.9 Å². The van der Waals surface area contributed by atoms with Crippen molar-refractivity contribution < 1.29 is 14.1 Å². The second-order valence-corrected chi connectivity index (χ2v) is 5.46. The van der Waals surface area contributed by atoms with Crippen molar-refractivity contribution in [3.8, 4) is 0 Å². The number of nitrogens with zero attached hydrogens (tertiary/aromatic N) is 2. The third kappa shape index (κ3) is 4.16. The Morgan fingerprint density at radius 3 is 2.76 bits per heavy atom. The van der Waals surface area contributed by atoms with Gasteiger partial charge < -0.3 is 14.7 Å². The van der Waals surface area contributed by atoms with Crippen LogP contribution in [0.4, 0.5) is 5.82 Å². The monoisotopic (exact) mass is 351 g/mol. The fourth-order valence-corrected chi connectivity index (χ4v) is 2.14. The summed E-state index contributed by atoms with van der Waals surface area (Å²) in [5.41, 5.74) is 0.511. The van der Waals surface area contributed by atoms with Gasteiger partial charge in [0, 0.05) is 23.2 Å². The van der Waals surface area contributed by atoms with Crippen LogP contribution < -0.4 is 5.32 Å². The maximum absolute atomic E-state index is 12.2. The highest BCUT2D eigenvalue weighted by Gasteiger charge is 2.16. The maximum Gasteiger partial charge on any atom is 0.254 e. The maximum atomic E-state index is 12.2. The van der Waals surface area contributed by atoms with Crippen molar-refractivity contribution in [1.82, 2.24) is 10.1 Å². The summed E-state index contributed by atoms with van der Waals surface area (Å²) in [6, 6.07) is 8.61. The largest absolute Gasteiger partial charge is 0.360 e. The third-order valence-corrected chi connectivity index (χ3v) is 3.19. The quantitative estimate of drug-likeness (QED) is 0.917. The predicted molar refractivity (Wildman–Crippen MR) is 81.0 cm³/mol. The Bertz CT molecular complexity index is 669. The molecule has 0 atom stereocenters. The number of nitrogens with one attached hydrogen (secondary N) is 1. The Morgan fingerprint density at radius 1 is 1.38 bits per heavy atom. The Kier molecular flexibility index (Phi) is 4.74. The zero-order valence-electron chi connectivity index (χ0n) is 11.6. The van der Waals surface area contributed by atoms with Gasteiger partial charge in [-0.05, 0) is 25.1 Å². The number of carbonyl (C=O) groups excluding carboxylic acids is 2. The van der Waals surface area contributed by atoms with Gasteiger partial charge >= 0.3 is 0 Å². The molecule has 2 aromatic rings. The van der Waals surface area contributed by atoms with Crippen LogP contribution in [0.15, 0.2) is 39.3 Å². The molecule has 0 saturated carbocycles. The van der Waals surface area contributed by atoms with Gasteiger partial charge in [0.15, 0.2) is 5.82 Å². The number of aryl methyl sites for hydroxylation is 1. The minimum Gasteiger partial charge on any atom is -0.360 e. The molecule has 0 bridgehead atoms. The van der Waals surface area contributed by atoms with E-state index in [9.17, 15) is 9.59 Å². The first kappa shape index (κ1) is 15.2. The molecule has 0 saturated heterocycles. The number of halogens is 1. The van der Waals surface area contributed by atoms with E-state index in [0.29, 0.717) is 17.1 Å². The number of rotatable bonds is 4. The van der Waals surface area contributed by atoms with Gasteiger partial charge in [0.25, 0.3) is 5.91 Å². The van der Waals surface area contributed by atoms with E-state index in [-0.39, 0.29) is 18.4 Å². The molecule has 1 aromatic carbocycles. The molecule has 21 heavy (non-hydrogen) atoms. The zero-order valence-corrected chi connectivity index (χ0v) is 13.2. The van der Waals surface area contributed by atoms with Crippen LogP contribution in [0.25, 0.3) is 0 Å². The number of benzene rings is 1. The van der Waals surface area contributed by atoms with Crippen LogP contribution in [0.2, 0.25) is 0 Å². The smallest absolute Gasteiger partial charge is 0.254 e. The molecule has 0 unspecified atom stereocenters. The van der Waals surface area contributed by atoms with E-state index >= 15 is 0 Å². The molecule has 0 aliphatic rings. The molecule has 110 valence electrons. The molecule has 2 rings (SSSR count). The van der Waals surface area contributed by atoms with Gasteiger partial charge in [-0.1, -0.05) is 27.2 Å². The molecule has 0 fully saturated rings. The topological polar surface area (TPSA) is 75.4 Å². The van der Waals surface area contributed by atoms with E-state index in [4.69, 9.17) is 4.52 Å². The Hall–Kier alpha value is -2.15. The Morgan fingerprint density at radius 2 is 2.14 bits per heavy atom. The van der Waals surface area contributed by atoms with Crippen molar-refractivity contribution >= 4 is 33.6 Å². The number of likely N-dealkylation sites (N-methyl/N-ethyl adjacent to an activating group) is 1. The van der Waals surface area contributed by atoms with Gasteiger partial charge in [-0.25, -0.2) is 0 Å². The summed E-state index contributed by atoms with van der Waals surface area (Å²) >= 11 is 3.31. The highest BCUT2D eigenvalue weighted by molar-refractivity contribution is 9.10. The van der Waals surface area contributed by atoms with Crippen LogP contribution in [-0.4, -0.2) is 35.5 Å². The van der Waals surface area contributed by atoms with Crippen molar-refractivity contribution in [1.29, 1.82) is 0 Å². The van der Waals surface area contributed by atoms with Gasteiger partial charge in [-0.2, -0.15) is 0 Å². The lowest BCUT2D eigenvalue weighted by atomic mass is 10.2. The molecule has 2 amide bonds. The Balaban J connectivity index is 1.95. The van der Waals surface area contributed by atoms with Gasteiger partial charge in [0.1, 0.15) is 5.76 Å². The molecule has 0 aliphatic carbocycles. The summed E-state index contributed by atoms with van der Waals surface area (Å²) in [6.07, 6.45) is 0. The molecule has 0 spiro atoms. The van der Waals surface area contributed by atoms with Crippen LogP contribution in [0.3, 0.4) is 0 Å². The normalized spacial score (nSPS) is 10.2. The van der Waals surface area contributed by atoms with Crippen molar-refractivity contribution in [2.45, 2.75) is 6.92 Å². The van der Waals surface area contributed by atoms with Gasteiger partial charge in [0.2, 0.25) is 5.91 Å². The molecule has 7 heteroatoms. The molecule has 6 nitrogen and oxygen atoms in total. The molecule has 1 N–H and O–H groups in total. The summed E-state index contributed by atoms with van der Waals surface area (Å²) < 4.78 is 5.66. The second kappa shape index (κ2) is 6.53. The van der Waals surface area contributed by atoms with E-state index in [1.807, 2.05) is 6.07 Å². The molecular weight excluding hydrogens is 338 g/mol. The lowest BCUT2D eigenvalue weighted by Gasteiger charge is -2.16. The first-order valence-electron chi connectivity index (χ1n) is 6.20. The summed E-state index contributed by atoms with van der Waals surface area (Å²) in [4.78, 5) is 25.4. The van der Waals surface area contributed by atoms with Crippen LogP contribution in [0, 0.1) is 6.92 Å². The zero-order chi connectivity index (χ0) is 15.4. The predicted octanol–water partition coefficient (Wildman–Crippen LogP) is 2.46.